The van der Waals surface area contributed by atoms with E-state index in [1.54, 1.807) is 18.2 Å². The smallest absolute Gasteiger partial charge is 0.323 e. The molecule has 5 aromatic rings. The van der Waals surface area contributed by atoms with Crippen molar-refractivity contribution in [1.82, 2.24) is 9.80 Å². The molecule has 0 unspecified atom stereocenters. The number of para-hydroxylation sites is 1. The maximum Gasteiger partial charge on any atom is 0.323 e. The molecule has 0 aliphatic heterocycles. The van der Waals surface area contributed by atoms with E-state index in [1.807, 2.05) is 140 Å². The van der Waals surface area contributed by atoms with Crippen LogP contribution in [0.3, 0.4) is 0 Å². The lowest BCUT2D eigenvalue weighted by molar-refractivity contribution is 0.0725. The molecule has 0 aliphatic carbocycles. The van der Waals surface area contributed by atoms with Crippen molar-refractivity contribution in [2.45, 2.75) is 12.6 Å². The molecule has 5 rings (SSSR count). The first-order valence-corrected chi connectivity index (χ1v) is 15.0. The number of ether oxygens (including phenoxy) is 1. The molecule has 0 atom stereocenters. The molecule has 45 heavy (non-hydrogen) atoms. The van der Waals surface area contributed by atoms with Crippen molar-refractivity contribution in [3.05, 3.63) is 162 Å². The van der Waals surface area contributed by atoms with Gasteiger partial charge in [0.05, 0.1) is 5.56 Å². The first-order chi connectivity index (χ1) is 22.0. The average molecular weight is 599 g/mol. The summed E-state index contributed by atoms with van der Waals surface area (Å²) >= 11 is 0. The highest BCUT2D eigenvalue weighted by Gasteiger charge is 2.25. The lowest BCUT2D eigenvalue weighted by Gasteiger charge is -2.27. The summed E-state index contributed by atoms with van der Waals surface area (Å²) in [5.41, 5.74) is 4.44. The fraction of sp³-hybridized carbons (Fsp3) is 0.158. The van der Waals surface area contributed by atoms with Gasteiger partial charge in [-0.3, -0.25) is 4.79 Å². The summed E-state index contributed by atoms with van der Waals surface area (Å²) in [6.45, 7) is 1.62. The Morgan fingerprint density at radius 3 is 1.76 bits per heavy atom. The minimum atomic E-state index is -0.455. The molecule has 2 N–H and O–H groups in total. The van der Waals surface area contributed by atoms with Crippen LogP contribution in [-0.4, -0.2) is 48.9 Å². The van der Waals surface area contributed by atoms with E-state index < -0.39 is 12.1 Å². The molecule has 0 heterocycles. The highest BCUT2D eigenvalue weighted by atomic mass is 16.5. The predicted molar refractivity (Wildman–Crippen MR) is 181 cm³/mol. The Morgan fingerprint density at radius 1 is 0.644 bits per heavy atom. The van der Waals surface area contributed by atoms with Gasteiger partial charge in [-0.2, -0.15) is 0 Å². The summed E-state index contributed by atoms with van der Waals surface area (Å²) in [4.78, 5) is 31.2. The van der Waals surface area contributed by atoms with Gasteiger partial charge in [-0.05, 0) is 61.1 Å². The molecule has 5 aromatic carbocycles. The van der Waals surface area contributed by atoms with Gasteiger partial charge in [0, 0.05) is 31.0 Å². The van der Waals surface area contributed by atoms with E-state index in [0.29, 0.717) is 42.3 Å². The van der Waals surface area contributed by atoms with E-state index in [9.17, 15) is 9.59 Å². The van der Waals surface area contributed by atoms with Crippen molar-refractivity contribution >= 4 is 23.3 Å². The number of hydrogen-bond acceptors (Lipinski definition) is 4. The van der Waals surface area contributed by atoms with Gasteiger partial charge in [0.25, 0.3) is 5.91 Å². The predicted octanol–water partition coefficient (Wildman–Crippen LogP) is 7.70. The molecule has 0 saturated carbocycles. The third-order valence-corrected chi connectivity index (χ3v) is 7.27. The van der Waals surface area contributed by atoms with Crippen LogP contribution in [0.5, 0.6) is 5.75 Å². The highest BCUT2D eigenvalue weighted by molar-refractivity contribution is 6.02. The van der Waals surface area contributed by atoms with Crippen LogP contribution in [0.25, 0.3) is 0 Å². The third kappa shape index (κ3) is 8.81. The van der Waals surface area contributed by atoms with Crippen molar-refractivity contribution in [1.29, 1.82) is 0 Å². The molecule has 0 fully saturated rings. The Kier molecular flexibility index (Phi) is 10.6. The number of likely N-dealkylation sites (N-methyl/N-ethyl adjacent to an activating group) is 1. The minimum Gasteiger partial charge on any atom is -0.480 e. The molecule has 3 amide bonds. The van der Waals surface area contributed by atoms with E-state index >= 15 is 0 Å². The van der Waals surface area contributed by atoms with E-state index in [0.717, 1.165) is 16.7 Å². The van der Waals surface area contributed by atoms with Gasteiger partial charge in [0.1, 0.15) is 11.9 Å². The Hall–Kier alpha value is -5.40. The lowest BCUT2D eigenvalue weighted by atomic mass is 10.0. The van der Waals surface area contributed by atoms with E-state index in [1.165, 1.54) is 0 Å². The zero-order valence-corrected chi connectivity index (χ0v) is 25.6. The highest BCUT2D eigenvalue weighted by Crippen LogP contribution is 2.33. The van der Waals surface area contributed by atoms with Crippen molar-refractivity contribution in [3.8, 4) is 5.75 Å². The second-order valence-corrected chi connectivity index (χ2v) is 11.0. The largest absolute Gasteiger partial charge is 0.480 e. The molecule has 0 aromatic heterocycles. The van der Waals surface area contributed by atoms with Crippen molar-refractivity contribution < 1.29 is 14.3 Å². The first-order valence-electron chi connectivity index (χ1n) is 15.0. The topological polar surface area (TPSA) is 73.9 Å². The number of benzene rings is 5. The molecule has 228 valence electrons. The molecule has 0 aliphatic rings. The van der Waals surface area contributed by atoms with Gasteiger partial charge >= 0.3 is 6.03 Å². The Labute approximate surface area is 265 Å². The summed E-state index contributed by atoms with van der Waals surface area (Å²) in [5, 5.41) is 5.72. The van der Waals surface area contributed by atoms with E-state index in [-0.39, 0.29) is 5.91 Å². The zero-order chi connectivity index (χ0) is 31.4. The van der Waals surface area contributed by atoms with Crippen molar-refractivity contribution in [3.63, 3.8) is 0 Å². The summed E-state index contributed by atoms with van der Waals surface area (Å²) in [5.74, 6) is 0.234. The maximum absolute atomic E-state index is 14.5. The van der Waals surface area contributed by atoms with Crippen LogP contribution in [0.2, 0.25) is 0 Å². The number of nitrogens with zero attached hydrogens (tertiary/aromatic N) is 2. The normalized spacial score (nSPS) is 10.8. The molecular formula is C38H38N4O3. The van der Waals surface area contributed by atoms with E-state index in [2.05, 4.69) is 15.5 Å². The fourth-order valence-corrected chi connectivity index (χ4v) is 4.95. The number of carbonyl (C=O) groups excluding carboxylic acids is 2. The Morgan fingerprint density at radius 2 is 1.18 bits per heavy atom. The quantitative estimate of drug-likeness (QED) is 0.154. The van der Waals surface area contributed by atoms with Crippen LogP contribution < -0.4 is 15.4 Å². The summed E-state index contributed by atoms with van der Waals surface area (Å²) in [6.07, 6.45) is -0.455. The lowest BCUT2D eigenvalue weighted by Crippen LogP contribution is -2.36. The molecule has 7 heteroatoms. The summed E-state index contributed by atoms with van der Waals surface area (Å²) in [6, 6.07) is 43.8. The molecule has 0 spiro atoms. The van der Waals surface area contributed by atoms with E-state index in [4.69, 9.17) is 4.74 Å². The second-order valence-electron chi connectivity index (χ2n) is 11.0. The average Bonchev–Trinajstić information content (AvgIpc) is 3.07. The molecule has 7 nitrogen and oxygen atoms in total. The van der Waals surface area contributed by atoms with Crippen molar-refractivity contribution in [2.75, 3.05) is 37.8 Å². The van der Waals surface area contributed by atoms with Crippen LogP contribution in [0.1, 0.15) is 33.2 Å². The van der Waals surface area contributed by atoms with Gasteiger partial charge < -0.3 is 25.2 Å². The zero-order valence-electron chi connectivity index (χ0n) is 25.6. The number of amides is 3. The van der Waals surface area contributed by atoms with Gasteiger partial charge in [-0.1, -0.05) is 109 Å². The molecule has 0 bridgehead atoms. The van der Waals surface area contributed by atoms with Crippen LogP contribution in [0.15, 0.2) is 140 Å². The summed E-state index contributed by atoms with van der Waals surface area (Å²) < 4.78 is 6.73. The van der Waals surface area contributed by atoms with Crippen LogP contribution in [0, 0.1) is 0 Å². The van der Waals surface area contributed by atoms with Gasteiger partial charge in [-0.25, -0.2) is 4.79 Å². The SMILES string of the molecule is CN(C)CCN(Cc1ccccc1)C(=O)c1cc(NC(=O)Nc2ccccc2)ccc1OC(c1ccccc1)c1ccccc1. The fourth-order valence-electron chi connectivity index (χ4n) is 4.95. The number of anilines is 2. The molecule has 0 radical (unpaired) electrons. The standard InChI is InChI=1S/C38H38N4O3/c1-41(2)25-26-42(28-29-15-7-3-8-16-29)37(43)34-27-33(40-38(44)39-32-21-13-6-14-22-32)23-24-35(34)45-36(30-17-9-4-10-18-30)31-19-11-5-12-20-31/h3-24,27,36H,25-26,28H2,1-2H3,(H2,39,40,44). The summed E-state index contributed by atoms with van der Waals surface area (Å²) in [7, 11) is 3.97. The van der Waals surface area contributed by atoms with Gasteiger partial charge in [0.2, 0.25) is 0 Å². The Bertz CT molecular complexity index is 1620. The monoisotopic (exact) mass is 598 g/mol. The van der Waals surface area contributed by atoms with Crippen LogP contribution in [-0.2, 0) is 6.54 Å². The molecule has 0 saturated heterocycles. The number of urea groups is 1. The number of rotatable bonds is 12. The first kappa shape index (κ1) is 31.0. The van der Waals surface area contributed by atoms with Gasteiger partial charge in [0.15, 0.2) is 0 Å². The van der Waals surface area contributed by atoms with Gasteiger partial charge in [-0.15, -0.1) is 0 Å². The molecular weight excluding hydrogens is 560 g/mol. The number of carbonyl (C=O) groups is 2. The second kappa shape index (κ2) is 15.4. The number of nitrogens with one attached hydrogen (secondary N) is 2. The van der Waals surface area contributed by atoms with Crippen LogP contribution >= 0.6 is 0 Å². The van der Waals surface area contributed by atoms with Crippen molar-refractivity contribution in [2.24, 2.45) is 0 Å². The minimum absolute atomic E-state index is 0.192. The van der Waals surface area contributed by atoms with Crippen LogP contribution in [0.4, 0.5) is 16.2 Å². The Balaban J connectivity index is 1.52. The number of hydrogen-bond donors (Lipinski definition) is 2. The third-order valence-electron chi connectivity index (χ3n) is 7.27. The maximum atomic E-state index is 14.5.